The van der Waals surface area contributed by atoms with Gasteiger partial charge in [0, 0.05) is 12.5 Å². The minimum atomic E-state index is -1.13. The van der Waals surface area contributed by atoms with Crippen molar-refractivity contribution < 1.29 is 28.6 Å². The SMILES string of the molecule is CCN(CC(=O)O)C(=O)c1ncoc1CNC(=O)OCC1c2ccccc2-c2ccccc21. The summed E-state index contributed by atoms with van der Waals surface area (Å²) in [5, 5.41) is 11.5. The minimum Gasteiger partial charge on any atom is -0.480 e. The smallest absolute Gasteiger partial charge is 0.407 e. The Labute approximate surface area is 190 Å². The number of aromatic nitrogens is 1. The minimum absolute atomic E-state index is 0.0444. The maximum absolute atomic E-state index is 12.6. The van der Waals surface area contributed by atoms with E-state index in [0.717, 1.165) is 33.5 Å². The first-order valence-electron chi connectivity index (χ1n) is 10.5. The topological polar surface area (TPSA) is 122 Å². The molecule has 170 valence electrons. The van der Waals surface area contributed by atoms with Crippen LogP contribution in [0.1, 0.15) is 40.2 Å². The van der Waals surface area contributed by atoms with Gasteiger partial charge in [0.1, 0.15) is 13.2 Å². The van der Waals surface area contributed by atoms with Crippen LogP contribution in [0.3, 0.4) is 0 Å². The molecule has 1 aliphatic rings. The molecule has 0 fully saturated rings. The van der Waals surface area contributed by atoms with Gasteiger partial charge in [-0.3, -0.25) is 9.59 Å². The number of hydrogen-bond donors (Lipinski definition) is 2. The zero-order valence-electron chi connectivity index (χ0n) is 18.0. The van der Waals surface area contributed by atoms with Crippen LogP contribution >= 0.6 is 0 Å². The lowest BCUT2D eigenvalue weighted by Crippen LogP contribution is -2.36. The molecule has 0 spiro atoms. The molecule has 0 aliphatic heterocycles. The molecular weight excluding hydrogens is 426 g/mol. The van der Waals surface area contributed by atoms with Gasteiger partial charge in [0.15, 0.2) is 17.8 Å². The third kappa shape index (κ3) is 4.57. The van der Waals surface area contributed by atoms with E-state index in [4.69, 9.17) is 14.3 Å². The van der Waals surface area contributed by atoms with Crippen molar-refractivity contribution in [2.24, 2.45) is 0 Å². The number of ether oxygens (including phenoxy) is 1. The van der Waals surface area contributed by atoms with Gasteiger partial charge < -0.3 is 24.5 Å². The maximum Gasteiger partial charge on any atom is 0.407 e. The van der Waals surface area contributed by atoms with E-state index in [1.807, 2.05) is 36.4 Å². The molecule has 4 rings (SSSR count). The van der Waals surface area contributed by atoms with Gasteiger partial charge in [-0.2, -0.15) is 0 Å². The zero-order valence-corrected chi connectivity index (χ0v) is 18.0. The van der Waals surface area contributed by atoms with Gasteiger partial charge in [-0.05, 0) is 29.2 Å². The molecule has 1 heterocycles. The second-order valence-corrected chi connectivity index (χ2v) is 7.52. The number of likely N-dealkylation sites (N-methyl/N-ethyl adjacent to an activating group) is 1. The van der Waals surface area contributed by atoms with Crippen molar-refractivity contribution in [2.45, 2.75) is 19.4 Å². The molecule has 0 atom stereocenters. The Balaban J connectivity index is 1.38. The third-order valence-corrected chi connectivity index (χ3v) is 5.58. The van der Waals surface area contributed by atoms with Crippen molar-refractivity contribution in [3.63, 3.8) is 0 Å². The average Bonchev–Trinajstić information content (AvgIpc) is 3.42. The van der Waals surface area contributed by atoms with Crippen molar-refractivity contribution in [3.8, 4) is 11.1 Å². The van der Waals surface area contributed by atoms with Gasteiger partial charge in [0.25, 0.3) is 5.91 Å². The first-order valence-corrected chi connectivity index (χ1v) is 10.5. The molecule has 1 aliphatic carbocycles. The number of oxazole rings is 1. The number of hydrogen-bond acceptors (Lipinski definition) is 6. The summed E-state index contributed by atoms with van der Waals surface area (Å²) >= 11 is 0. The highest BCUT2D eigenvalue weighted by atomic mass is 16.5. The zero-order chi connectivity index (χ0) is 23.4. The largest absolute Gasteiger partial charge is 0.480 e. The summed E-state index contributed by atoms with van der Waals surface area (Å²) in [6, 6.07) is 16.1. The Bertz CT molecular complexity index is 1140. The molecule has 0 saturated heterocycles. The lowest BCUT2D eigenvalue weighted by molar-refractivity contribution is -0.137. The number of rotatable bonds is 8. The lowest BCUT2D eigenvalue weighted by Gasteiger charge is -2.17. The molecule has 2 N–H and O–H groups in total. The number of aliphatic carboxylic acids is 1. The molecule has 9 heteroatoms. The van der Waals surface area contributed by atoms with Crippen molar-refractivity contribution in [1.29, 1.82) is 0 Å². The van der Waals surface area contributed by atoms with Crippen LogP contribution in [0.5, 0.6) is 0 Å². The molecule has 2 amide bonds. The predicted octanol–water partition coefficient (Wildman–Crippen LogP) is 3.26. The van der Waals surface area contributed by atoms with E-state index < -0.39 is 24.5 Å². The van der Waals surface area contributed by atoms with Crippen molar-refractivity contribution >= 4 is 18.0 Å². The standard InChI is InChI=1S/C24H23N3O6/c1-2-27(12-21(28)29)23(30)22-20(33-14-26-22)11-25-24(31)32-13-19-17-9-5-3-7-15(17)16-8-4-6-10-18(16)19/h3-10,14,19H,2,11-13H2,1H3,(H,25,31)(H,28,29). The van der Waals surface area contributed by atoms with Gasteiger partial charge in [-0.15, -0.1) is 0 Å². The summed E-state index contributed by atoms with van der Waals surface area (Å²) in [5.74, 6) is -1.66. The molecular formula is C24H23N3O6. The van der Waals surface area contributed by atoms with Gasteiger partial charge in [0.05, 0.1) is 6.54 Å². The van der Waals surface area contributed by atoms with E-state index in [1.165, 1.54) is 0 Å². The molecule has 0 unspecified atom stereocenters. The first-order chi connectivity index (χ1) is 16.0. The van der Waals surface area contributed by atoms with Crippen LogP contribution in [0.4, 0.5) is 4.79 Å². The van der Waals surface area contributed by atoms with E-state index in [0.29, 0.717) is 0 Å². The Kier molecular flexibility index (Phi) is 6.39. The van der Waals surface area contributed by atoms with E-state index >= 15 is 0 Å². The fraction of sp³-hybridized carbons (Fsp3) is 0.250. The van der Waals surface area contributed by atoms with Gasteiger partial charge >= 0.3 is 12.1 Å². The Hall–Kier alpha value is -4.14. The monoisotopic (exact) mass is 449 g/mol. The number of nitrogens with one attached hydrogen (secondary N) is 1. The Morgan fingerprint density at radius 2 is 1.73 bits per heavy atom. The van der Waals surface area contributed by atoms with E-state index in [9.17, 15) is 14.4 Å². The quantitative estimate of drug-likeness (QED) is 0.541. The summed E-state index contributed by atoms with van der Waals surface area (Å²) in [6.45, 7) is 1.43. The first kappa shape index (κ1) is 22.1. The summed E-state index contributed by atoms with van der Waals surface area (Å²) in [7, 11) is 0. The summed E-state index contributed by atoms with van der Waals surface area (Å²) in [5.41, 5.74) is 4.43. The number of amides is 2. The Morgan fingerprint density at radius 1 is 1.09 bits per heavy atom. The van der Waals surface area contributed by atoms with Gasteiger partial charge in [-0.1, -0.05) is 48.5 Å². The molecule has 2 aromatic carbocycles. The fourth-order valence-corrected chi connectivity index (χ4v) is 4.01. The highest BCUT2D eigenvalue weighted by Gasteiger charge is 2.29. The summed E-state index contributed by atoms with van der Waals surface area (Å²) in [4.78, 5) is 40.9. The number of benzene rings is 2. The molecule has 33 heavy (non-hydrogen) atoms. The molecule has 1 aromatic heterocycles. The number of alkyl carbamates (subject to hydrolysis) is 1. The van der Waals surface area contributed by atoms with Crippen LogP contribution in [0.2, 0.25) is 0 Å². The molecule has 0 saturated carbocycles. The van der Waals surface area contributed by atoms with E-state index in [1.54, 1.807) is 6.92 Å². The number of carboxylic acid groups (broad SMARTS) is 1. The van der Waals surface area contributed by atoms with E-state index in [-0.39, 0.29) is 37.1 Å². The molecule has 9 nitrogen and oxygen atoms in total. The number of fused-ring (bicyclic) bond motifs is 3. The second kappa shape index (κ2) is 9.56. The van der Waals surface area contributed by atoms with E-state index in [2.05, 4.69) is 22.4 Å². The fourth-order valence-electron chi connectivity index (χ4n) is 4.01. The van der Waals surface area contributed by atoms with Crippen LogP contribution in [0, 0.1) is 0 Å². The normalized spacial score (nSPS) is 12.0. The van der Waals surface area contributed by atoms with Crippen molar-refractivity contribution in [1.82, 2.24) is 15.2 Å². The molecule has 0 bridgehead atoms. The van der Waals surface area contributed by atoms with Gasteiger partial charge in [0.2, 0.25) is 0 Å². The van der Waals surface area contributed by atoms with Crippen LogP contribution in [-0.4, -0.2) is 52.7 Å². The van der Waals surface area contributed by atoms with Crippen LogP contribution < -0.4 is 5.32 Å². The van der Waals surface area contributed by atoms with Crippen LogP contribution in [0.25, 0.3) is 11.1 Å². The predicted molar refractivity (Wildman–Crippen MR) is 118 cm³/mol. The molecule has 3 aromatic rings. The highest BCUT2D eigenvalue weighted by Crippen LogP contribution is 2.44. The Morgan fingerprint density at radius 3 is 2.33 bits per heavy atom. The lowest BCUT2D eigenvalue weighted by atomic mass is 9.98. The van der Waals surface area contributed by atoms with Gasteiger partial charge in [-0.25, -0.2) is 9.78 Å². The van der Waals surface area contributed by atoms with Crippen molar-refractivity contribution in [2.75, 3.05) is 19.7 Å². The average molecular weight is 449 g/mol. The highest BCUT2D eigenvalue weighted by molar-refractivity contribution is 5.95. The number of carbonyl (C=O) groups excluding carboxylic acids is 2. The number of carboxylic acids is 1. The number of nitrogens with zero attached hydrogens (tertiary/aromatic N) is 2. The van der Waals surface area contributed by atoms with Crippen molar-refractivity contribution in [3.05, 3.63) is 77.5 Å². The number of carbonyl (C=O) groups is 3. The summed E-state index contributed by atoms with van der Waals surface area (Å²) < 4.78 is 10.7. The summed E-state index contributed by atoms with van der Waals surface area (Å²) in [6.07, 6.45) is 0.417. The van der Waals surface area contributed by atoms with Crippen LogP contribution in [0.15, 0.2) is 59.3 Å². The maximum atomic E-state index is 12.6. The third-order valence-electron chi connectivity index (χ3n) is 5.58. The van der Waals surface area contributed by atoms with Crippen LogP contribution in [-0.2, 0) is 16.1 Å². The second-order valence-electron chi connectivity index (χ2n) is 7.52. The molecule has 0 radical (unpaired) electrons.